The lowest BCUT2D eigenvalue weighted by atomic mass is 10.1. The molecular weight excluding hydrogens is 306 g/mol. The summed E-state index contributed by atoms with van der Waals surface area (Å²) in [5, 5.41) is 3.90. The van der Waals surface area contributed by atoms with Gasteiger partial charge in [0.1, 0.15) is 17.6 Å². The molecule has 0 aromatic carbocycles. The molecule has 0 spiro atoms. The molecule has 2 aromatic rings. The predicted octanol–water partition coefficient (Wildman–Crippen LogP) is 3.01. The van der Waals surface area contributed by atoms with E-state index in [1.54, 1.807) is 18.5 Å². The summed E-state index contributed by atoms with van der Waals surface area (Å²) in [5.74, 6) is 1.59. The van der Waals surface area contributed by atoms with Crippen molar-refractivity contribution in [1.82, 2.24) is 15.0 Å². The molecule has 6 heteroatoms. The molecule has 0 aliphatic carbocycles. The Kier molecular flexibility index (Phi) is 5.13. The first-order valence-electron chi connectivity index (χ1n) is 8.49. The van der Waals surface area contributed by atoms with Crippen molar-refractivity contribution in [2.75, 3.05) is 13.1 Å². The van der Waals surface area contributed by atoms with Crippen LogP contribution in [0.2, 0.25) is 0 Å². The summed E-state index contributed by atoms with van der Waals surface area (Å²) in [6.07, 6.45) is 7.07. The molecule has 0 N–H and O–H groups in total. The highest BCUT2D eigenvalue weighted by Gasteiger charge is 2.26. The Morgan fingerprint density at radius 3 is 2.92 bits per heavy atom. The highest BCUT2D eigenvalue weighted by Crippen LogP contribution is 2.22. The minimum absolute atomic E-state index is 0.0559. The minimum Gasteiger partial charge on any atom is -0.490 e. The van der Waals surface area contributed by atoms with E-state index in [0.29, 0.717) is 18.8 Å². The van der Waals surface area contributed by atoms with Crippen LogP contribution < -0.4 is 4.74 Å². The van der Waals surface area contributed by atoms with Crippen LogP contribution in [0.15, 0.2) is 29.0 Å². The molecule has 1 fully saturated rings. The highest BCUT2D eigenvalue weighted by molar-refractivity contribution is 5.92. The van der Waals surface area contributed by atoms with Crippen molar-refractivity contribution in [3.8, 4) is 5.75 Å². The first kappa shape index (κ1) is 16.5. The molecule has 1 amide bonds. The molecule has 0 radical (unpaired) electrons. The van der Waals surface area contributed by atoms with Crippen molar-refractivity contribution in [2.24, 2.45) is 0 Å². The molecule has 1 aliphatic heterocycles. The van der Waals surface area contributed by atoms with Crippen LogP contribution in [-0.4, -0.2) is 40.1 Å². The van der Waals surface area contributed by atoms with Crippen molar-refractivity contribution < 1.29 is 14.1 Å². The van der Waals surface area contributed by atoms with Crippen LogP contribution >= 0.6 is 0 Å². The SMILES string of the molecule is CCCc1cc(C(=O)N2CCC(Oc3ccncc3C)CC2)no1. The summed E-state index contributed by atoms with van der Waals surface area (Å²) in [5.41, 5.74) is 1.44. The van der Waals surface area contributed by atoms with E-state index in [1.807, 2.05) is 17.9 Å². The predicted molar refractivity (Wildman–Crippen MR) is 89.0 cm³/mol. The molecule has 2 aromatic heterocycles. The van der Waals surface area contributed by atoms with Gasteiger partial charge in [-0.3, -0.25) is 9.78 Å². The zero-order chi connectivity index (χ0) is 16.9. The molecule has 0 atom stereocenters. The molecule has 3 rings (SSSR count). The quantitative estimate of drug-likeness (QED) is 0.843. The van der Waals surface area contributed by atoms with Gasteiger partial charge in [0.2, 0.25) is 0 Å². The summed E-state index contributed by atoms with van der Waals surface area (Å²) >= 11 is 0. The average Bonchev–Trinajstić information content (AvgIpc) is 3.06. The van der Waals surface area contributed by atoms with Gasteiger partial charge in [-0.15, -0.1) is 0 Å². The van der Waals surface area contributed by atoms with E-state index >= 15 is 0 Å². The Bertz CT molecular complexity index is 690. The summed E-state index contributed by atoms with van der Waals surface area (Å²) in [6, 6.07) is 3.65. The Morgan fingerprint density at radius 1 is 1.42 bits per heavy atom. The minimum atomic E-state index is -0.0559. The van der Waals surface area contributed by atoms with E-state index in [4.69, 9.17) is 9.26 Å². The molecule has 128 valence electrons. The number of nitrogens with zero attached hydrogens (tertiary/aromatic N) is 3. The van der Waals surface area contributed by atoms with Crippen LogP contribution in [0.5, 0.6) is 5.75 Å². The molecule has 0 unspecified atom stereocenters. The summed E-state index contributed by atoms with van der Waals surface area (Å²) in [6.45, 7) is 5.39. The lowest BCUT2D eigenvalue weighted by Gasteiger charge is -2.32. The second-order valence-corrected chi connectivity index (χ2v) is 6.18. The van der Waals surface area contributed by atoms with Gasteiger partial charge in [-0.2, -0.15) is 0 Å². The van der Waals surface area contributed by atoms with Crippen LogP contribution in [-0.2, 0) is 6.42 Å². The summed E-state index contributed by atoms with van der Waals surface area (Å²) in [4.78, 5) is 18.4. The first-order valence-corrected chi connectivity index (χ1v) is 8.49. The summed E-state index contributed by atoms with van der Waals surface area (Å²) < 4.78 is 11.2. The molecular formula is C18H23N3O3. The van der Waals surface area contributed by atoms with Crippen LogP contribution in [0.3, 0.4) is 0 Å². The molecule has 6 nitrogen and oxygen atoms in total. The highest BCUT2D eigenvalue weighted by atomic mass is 16.5. The Balaban J connectivity index is 1.54. The number of piperidine rings is 1. The fourth-order valence-corrected chi connectivity index (χ4v) is 2.89. The fourth-order valence-electron chi connectivity index (χ4n) is 2.89. The van der Waals surface area contributed by atoms with Gasteiger partial charge in [0, 0.05) is 56.4 Å². The normalized spacial score (nSPS) is 15.5. The smallest absolute Gasteiger partial charge is 0.276 e. The second-order valence-electron chi connectivity index (χ2n) is 6.18. The van der Waals surface area contributed by atoms with Gasteiger partial charge in [-0.25, -0.2) is 0 Å². The second kappa shape index (κ2) is 7.47. The maximum absolute atomic E-state index is 12.5. The van der Waals surface area contributed by atoms with Crippen molar-refractivity contribution in [2.45, 2.75) is 45.6 Å². The van der Waals surface area contributed by atoms with E-state index in [0.717, 1.165) is 42.8 Å². The molecule has 0 saturated carbocycles. The number of hydrogen-bond acceptors (Lipinski definition) is 5. The number of pyridine rings is 1. The Hall–Kier alpha value is -2.37. The lowest BCUT2D eigenvalue weighted by molar-refractivity contribution is 0.0585. The number of carbonyl (C=O) groups is 1. The first-order chi connectivity index (χ1) is 11.7. The number of aryl methyl sites for hydroxylation is 2. The maximum Gasteiger partial charge on any atom is 0.276 e. The van der Waals surface area contributed by atoms with E-state index < -0.39 is 0 Å². The van der Waals surface area contributed by atoms with Gasteiger partial charge >= 0.3 is 0 Å². The third kappa shape index (κ3) is 3.75. The summed E-state index contributed by atoms with van der Waals surface area (Å²) in [7, 11) is 0. The van der Waals surface area contributed by atoms with Crippen molar-refractivity contribution in [3.05, 3.63) is 41.5 Å². The average molecular weight is 329 g/mol. The topological polar surface area (TPSA) is 68.5 Å². The maximum atomic E-state index is 12.5. The van der Waals surface area contributed by atoms with Gasteiger partial charge in [0.25, 0.3) is 5.91 Å². The lowest BCUT2D eigenvalue weighted by Crippen LogP contribution is -2.42. The molecule has 1 saturated heterocycles. The fraction of sp³-hybridized carbons (Fsp3) is 0.500. The Labute approximate surface area is 141 Å². The largest absolute Gasteiger partial charge is 0.490 e. The van der Waals surface area contributed by atoms with Crippen LogP contribution in [0.25, 0.3) is 0 Å². The number of ether oxygens (including phenoxy) is 1. The van der Waals surface area contributed by atoms with Gasteiger partial charge in [0.05, 0.1) is 0 Å². The van der Waals surface area contributed by atoms with E-state index in [9.17, 15) is 4.79 Å². The monoisotopic (exact) mass is 329 g/mol. The number of aromatic nitrogens is 2. The zero-order valence-corrected chi connectivity index (χ0v) is 14.2. The van der Waals surface area contributed by atoms with Gasteiger partial charge < -0.3 is 14.2 Å². The van der Waals surface area contributed by atoms with Gasteiger partial charge in [-0.1, -0.05) is 12.1 Å². The molecule has 1 aliphatic rings. The number of likely N-dealkylation sites (tertiary alicyclic amines) is 1. The molecule has 0 bridgehead atoms. The number of rotatable bonds is 5. The van der Waals surface area contributed by atoms with Crippen LogP contribution in [0.4, 0.5) is 0 Å². The van der Waals surface area contributed by atoms with Gasteiger partial charge in [0.15, 0.2) is 5.69 Å². The Morgan fingerprint density at radius 2 is 2.21 bits per heavy atom. The molecule has 3 heterocycles. The zero-order valence-electron chi connectivity index (χ0n) is 14.2. The van der Waals surface area contributed by atoms with Crippen molar-refractivity contribution in [3.63, 3.8) is 0 Å². The van der Waals surface area contributed by atoms with Crippen LogP contribution in [0, 0.1) is 6.92 Å². The van der Waals surface area contributed by atoms with Gasteiger partial charge in [-0.05, 0) is 19.4 Å². The molecule has 24 heavy (non-hydrogen) atoms. The number of hydrogen-bond donors (Lipinski definition) is 0. The van der Waals surface area contributed by atoms with Crippen molar-refractivity contribution >= 4 is 5.91 Å². The third-order valence-corrected chi connectivity index (χ3v) is 4.27. The van der Waals surface area contributed by atoms with E-state index in [-0.39, 0.29) is 12.0 Å². The van der Waals surface area contributed by atoms with E-state index in [2.05, 4.69) is 17.1 Å². The third-order valence-electron chi connectivity index (χ3n) is 4.27. The number of carbonyl (C=O) groups excluding carboxylic acids is 1. The number of amides is 1. The van der Waals surface area contributed by atoms with Crippen molar-refractivity contribution in [1.29, 1.82) is 0 Å². The van der Waals surface area contributed by atoms with Crippen LogP contribution in [0.1, 0.15) is 48.0 Å². The standard InChI is InChI=1S/C18H23N3O3/c1-3-4-15-11-16(20-24-15)18(22)21-9-6-14(7-10-21)23-17-5-8-19-12-13(17)2/h5,8,11-12,14H,3-4,6-7,9-10H2,1-2H3. The van der Waals surface area contributed by atoms with E-state index in [1.165, 1.54) is 0 Å².